The number of amides is 1. The molecule has 0 spiro atoms. The lowest BCUT2D eigenvalue weighted by Crippen LogP contribution is -2.41. The third-order valence-electron chi connectivity index (χ3n) is 4.32. The van der Waals surface area contributed by atoms with Gasteiger partial charge in [-0.1, -0.05) is 39.5 Å². The van der Waals surface area contributed by atoms with Crippen LogP contribution in [0.5, 0.6) is 0 Å². The second-order valence-corrected chi connectivity index (χ2v) is 6.50. The van der Waals surface area contributed by atoms with E-state index in [4.69, 9.17) is 0 Å². The van der Waals surface area contributed by atoms with Gasteiger partial charge in [-0.3, -0.25) is 9.59 Å². The van der Waals surface area contributed by atoms with E-state index >= 15 is 0 Å². The van der Waals surface area contributed by atoms with Crippen molar-refractivity contribution in [2.45, 2.75) is 65.7 Å². The molecule has 1 amide bonds. The van der Waals surface area contributed by atoms with Gasteiger partial charge < -0.3 is 10.0 Å². The van der Waals surface area contributed by atoms with Crippen molar-refractivity contribution < 1.29 is 14.7 Å². The van der Waals surface area contributed by atoms with Crippen molar-refractivity contribution in [3.63, 3.8) is 0 Å². The fourth-order valence-electron chi connectivity index (χ4n) is 3.12. The zero-order chi connectivity index (χ0) is 15.2. The Morgan fingerprint density at radius 2 is 1.70 bits per heavy atom. The van der Waals surface area contributed by atoms with Gasteiger partial charge in [0.2, 0.25) is 5.91 Å². The maximum absolute atomic E-state index is 12.5. The number of hydrogen-bond acceptors (Lipinski definition) is 2. The maximum Gasteiger partial charge on any atom is 0.310 e. The van der Waals surface area contributed by atoms with E-state index in [1.165, 1.54) is 0 Å². The van der Waals surface area contributed by atoms with E-state index in [1.54, 1.807) is 4.90 Å². The van der Waals surface area contributed by atoms with E-state index in [0.29, 0.717) is 31.8 Å². The number of nitrogens with zero attached hydrogens (tertiary/aromatic N) is 1. The summed E-state index contributed by atoms with van der Waals surface area (Å²) in [7, 11) is 0. The van der Waals surface area contributed by atoms with Crippen LogP contribution >= 0.6 is 0 Å². The summed E-state index contributed by atoms with van der Waals surface area (Å²) in [5.41, 5.74) is -0.821. The molecular weight excluding hydrogens is 254 g/mol. The molecule has 1 aliphatic carbocycles. The van der Waals surface area contributed by atoms with Crippen LogP contribution in [-0.2, 0) is 9.59 Å². The van der Waals surface area contributed by atoms with Crippen LogP contribution in [0.3, 0.4) is 0 Å². The number of rotatable bonds is 6. The maximum atomic E-state index is 12.5. The molecule has 1 rings (SSSR count). The van der Waals surface area contributed by atoms with Crippen LogP contribution in [0.4, 0.5) is 0 Å². The Balaban J connectivity index is 2.78. The first-order valence-electron chi connectivity index (χ1n) is 7.92. The molecular formula is C16H29NO3. The highest BCUT2D eigenvalue weighted by Gasteiger charge is 2.41. The Bertz CT molecular complexity index is 331. The van der Waals surface area contributed by atoms with Gasteiger partial charge in [-0.25, -0.2) is 0 Å². The van der Waals surface area contributed by atoms with Gasteiger partial charge in [-0.15, -0.1) is 0 Å². The number of carbonyl (C=O) groups is 2. The van der Waals surface area contributed by atoms with E-state index in [1.807, 2.05) is 6.92 Å². The van der Waals surface area contributed by atoms with Gasteiger partial charge in [0.05, 0.1) is 5.41 Å². The Labute approximate surface area is 122 Å². The number of carboxylic acid groups (broad SMARTS) is 1. The Morgan fingerprint density at radius 1 is 1.15 bits per heavy atom. The lowest BCUT2D eigenvalue weighted by atomic mass is 9.77. The smallest absolute Gasteiger partial charge is 0.310 e. The molecule has 0 aliphatic heterocycles. The van der Waals surface area contributed by atoms with Crippen LogP contribution in [0.1, 0.15) is 65.7 Å². The molecule has 4 heteroatoms. The van der Waals surface area contributed by atoms with Crippen molar-refractivity contribution >= 4 is 11.9 Å². The second-order valence-electron chi connectivity index (χ2n) is 6.50. The first-order chi connectivity index (χ1) is 9.41. The zero-order valence-corrected chi connectivity index (χ0v) is 13.2. The summed E-state index contributed by atoms with van der Waals surface area (Å²) in [6.45, 7) is 7.49. The SMILES string of the molecule is CCN(CC(C)C)C(=O)CC1(C(=O)O)CCCCCC1. The molecule has 1 fully saturated rings. The number of aliphatic carboxylic acids is 1. The molecule has 4 nitrogen and oxygen atoms in total. The van der Waals surface area contributed by atoms with Gasteiger partial charge in [-0.2, -0.15) is 0 Å². The minimum atomic E-state index is -0.821. The van der Waals surface area contributed by atoms with Crippen molar-refractivity contribution in [2.75, 3.05) is 13.1 Å². The zero-order valence-electron chi connectivity index (χ0n) is 13.2. The highest BCUT2D eigenvalue weighted by atomic mass is 16.4. The third-order valence-corrected chi connectivity index (χ3v) is 4.32. The Kier molecular flexibility index (Phi) is 6.50. The fourth-order valence-corrected chi connectivity index (χ4v) is 3.12. The van der Waals surface area contributed by atoms with E-state index in [-0.39, 0.29) is 12.3 Å². The molecule has 0 bridgehead atoms. The van der Waals surface area contributed by atoms with E-state index < -0.39 is 11.4 Å². The van der Waals surface area contributed by atoms with Crippen molar-refractivity contribution in [1.29, 1.82) is 0 Å². The van der Waals surface area contributed by atoms with E-state index in [2.05, 4.69) is 13.8 Å². The topological polar surface area (TPSA) is 57.6 Å². The molecule has 20 heavy (non-hydrogen) atoms. The second kappa shape index (κ2) is 7.65. The highest BCUT2D eigenvalue weighted by Crippen LogP contribution is 2.39. The summed E-state index contributed by atoms with van der Waals surface area (Å²) in [4.78, 5) is 26.0. The van der Waals surface area contributed by atoms with Crippen LogP contribution in [0, 0.1) is 11.3 Å². The predicted octanol–water partition coefficient (Wildman–Crippen LogP) is 3.31. The molecule has 0 saturated heterocycles. The molecule has 0 aromatic rings. The fraction of sp³-hybridized carbons (Fsp3) is 0.875. The number of carboxylic acids is 1. The molecule has 0 radical (unpaired) electrons. The van der Waals surface area contributed by atoms with Crippen LogP contribution in [0.15, 0.2) is 0 Å². The Morgan fingerprint density at radius 3 is 2.10 bits per heavy atom. The summed E-state index contributed by atoms with van der Waals surface area (Å²) in [5, 5.41) is 9.63. The quantitative estimate of drug-likeness (QED) is 0.761. The van der Waals surface area contributed by atoms with Gasteiger partial charge in [0.15, 0.2) is 0 Å². The average molecular weight is 283 g/mol. The average Bonchev–Trinajstić information content (AvgIpc) is 2.62. The Hall–Kier alpha value is -1.06. The lowest BCUT2D eigenvalue weighted by Gasteiger charge is -2.31. The van der Waals surface area contributed by atoms with Crippen LogP contribution in [0.25, 0.3) is 0 Å². The first-order valence-corrected chi connectivity index (χ1v) is 7.92. The van der Waals surface area contributed by atoms with Crippen LogP contribution in [0.2, 0.25) is 0 Å². The summed E-state index contributed by atoms with van der Waals surface area (Å²) in [5.74, 6) is -0.368. The largest absolute Gasteiger partial charge is 0.481 e. The molecule has 116 valence electrons. The van der Waals surface area contributed by atoms with E-state index in [0.717, 1.165) is 25.7 Å². The van der Waals surface area contributed by atoms with Crippen LogP contribution in [-0.4, -0.2) is 35.0 Å². The first kappa shape index (κ1) is 17.0. The minimum Gasteiger partial charge on any atom is -0.481 e. The third kappa shape index (κ3) is 4.50. The normalized spacial score (nSPS) is 18.6. The predicted molar refractivity (Wildman–Crippen MR) is 79.5 cm³/mol. The van der Waals surface area contributed by atoms with E-state index in [9.17, 15) is 14.7 Å². The summed E-state index contributed by atoms with van der Waals surface area (Å²) >= 11 is 0. The van der Waals surface area contributed by atoms with Crippen molar-refractivity contribution in [3.05, 3.63) is 0 Å². The molecule has 0 heterocycles. The van der Waals surface area contributed by atoms with Gasteiger partial charge in [0.1, 0.15) is 0 Å². The molecule has 1 N–H and O–H groups in total. The van der Waals surface area contributed by atoms with Crippen molar-refractivity contribution in [1.82, 2.24) is 4.90 Å². The molecule has 1 aliphatic rings. The summed E-state index contributed by atoms with van der Waals surface area (Å²) in [6, 6.07) is 0. The summed E-state index contributed by atoms with van der Waals surface area (Å²) in [6.07, 6.45) is 5.49. The van der Waals surface area contributed by atoms with Gasteiger partial charge in [0.25, 0.3) is 0 Å². The number of hydrogen-bond donors (Lipinski definition) is 1. The standard InChI is InChI=1S/C16H29NO3/c1-4-17(12-13(2)3)14(18)11-16(15(19)20)9-7-5-6-8-10-16/h13H,4-12H2,1-3H3,(H,19,20). The van der Waals surface area contributed by atoms with Crippen molar-refractivity contribution in [2.24, 2.45) is 11.3 Å². The lowest BCUT2D eigenvalue weighted by molar-refractivity contribution is -0.154. The molecule has 0 atom stereocenters. The number of carbonyl (C=O) groups excluding carboxylic acids is 1. The molecule has 0 aromatic carbocycles. The molecule has 0 unspecified atom stereocenters. The van der Waals surface area contributed by atoms with Gasteiger partial charge in [0, 0.05) is 19.5 Å². The monoisotopic (exact) mass is 283 g/mol. The van der Waals surface area contributed by atoms with Crippen molar-refractivity contribution in [3.8, 4) is 0 Å². The van der Waals surface area contributed by atoms with Gasteiger partial charge >= 0.3 is 5.97 Å². The van der Waals surface area contributed by atoms with Gasteiger partial charge in [-0.05, 0) is 25.7 Å². The highest BCUT2D eigenvalue weighted by molar-refractivity contribution is 5.85. The summed E-state index contributed by atoms with van der Waals surface area (Å²) < 4.78 is 0. The molecule has 1 saturated carbocycles. The molecule has 0 aromatic heterocycles. The minimum absolute atomic E-state index is 0.00509. The van der Waals surface area contributed by atoms with Crippen LogP contribution < -0.4 is 0 Å².